The van der Waals surface area contributed by atoms with Crippen LogP contribution in [0.15, 0.2) is 53.7 Å². The van der Waals surface area contributed by atoms with E-state index in [4.69, 9.17) is 16.3 Å². The average molecular weight is 548 g/mol. The highest BCUT2D eigenvalue weighted by molar-refractivity contribution is 7.92. The lowest BCUT2D eigenvalue weighted by atomic mass is 10.0. The fourth-order valence-electron chi connectivity index (χ4n) is 4.31. The Balaban J connectivity index is 1.48. The number of nitrogens with one attached hydrogen (secondary N) is 1. The van der Waals surface area contributed by atoms with E-state index in [9.17, 15) is 8.42 Å². The number of ether oxygens (including phenoxy) is 1. The third-order valence-electron chi connectivity index (χ3n) is 6.32. The second-order valence-corrected chi connectivity index (χ2v) is 12.0. The van der Waals surface area contributed by atoms with Crippen LogP contribution in [0.25, 0.3) is 11.3 Å². The molecule has 8 nitrogen and oxygen atoms in total. The average Bonchev–Trinajstić information content (AvgIpc) is 2.84. The SMILES string of the molecule is COc1ncc(Cl)cc1S(=O)(=O)Nc1ccnc(-c2ccc(CN3CCN(C(C)(C)C)CC3)cc2F)c1. The van der Waals surface area contributed by atoms with Crippen LogP contribution in [0.5, 0.6) is 5.88 Å². The summed E-state index contributed by atoms with van der Waals surface area (Å²) in [7, 11) is -2.76. The first-order chi connectivity index (χ1) is 17.5. The summed E-state index contributed by atoms with van der Waals surface area (Å²) >= 11 is 5.94. The van der Waals surface area contributed by atoms with Crippen LogP contribution in [0.2, 0.25) is 5.02 Å². The lowest BCUT2D eigenvalue weighted by Gasteiger charge is -2.42. The summed E-state index contributed by atoms with van der Waals surface area (Å²) in [6, 6.07) is 9.29. The molecule has 0 radical (unpaired) electrons. The molecule has 0 amide bonds. The molecule has 0 saturated carbocycles. The molecule has 1 aliphatic rings. The number of hydrogen-bond donors (Lipinski definition) is 1. The molecule has 0 aliphatic carbocycles. The molecular weight excluding hydrogens is 517 g/mol. The molecular formula is C26H31ClFN5O3S. The summed E-state index contributed by atoms with van der Waals surface area (Å²) in [4.78, 5) is 12.7. The van der Waals surface area contributed by atoms with E-state index in [1.165, 1.54) is 43.8 Å². The largest absolute Gasteiger partial charge is 0.480 e. The number of hydrogen-bond acceptors (Lipinski definition) is 7. The van der Waals surface area contributed by atoms with Crippen molar-refractivity contribution in [2.45, 2.75) is 37.8 Å². The van der Waals surface area contributed by atoms with Crippen molar-refractivity contribution in [2.24, 2.45) is 0 Å². The maximum atomic E-state index is 15.1. The van der Waals surface area contributed by atoms with E-state index in [0.717, 1.165) is 31.7 Å². The van der Waals surface area contributed by atoms with Gasteiger partial charge in [0, 0.05) is 56.2 Å². The Labute approximate surface area is 222 Å². The fourth-order valence-corrected chi connectivity index (χ4v) is 5.72. The van der Waals surface area contributed by atoms with Crippen LogP contribution in [0, 0.1) is 5.82 Å². The molecule has 3 heterocycles. The van der Waals surface area contributed by atoms with E-state index in [2.05, 4.69) is 45.3 Å². The third kappa shape index (κ3) is 6.56. The molecule has 0 atom stereocenters. The Bertz CT molecular complexity index is 1370. The fraction of sp³-hybridized carbons (Fsp3) is 0.385. The maximum Gasteiger partial charge on any atom is 0.267 e. The van der Waals surface area contributed by atoms with Crippen molar-refractivity contribution in [1.82, 2.24) is 19.8 Å². The molecule has 0 bridgehead atoms. The highest BCUT2D eigenvalue weighted by Gasteiger charge is 2.26. The van der Waals surface area contributed by atoms with Crippen LogP contribution in [0.3, 0.4) is 0 Å². The number of pyridine rings is 2. The first-order valence-corrected chi connectivity index (χ1v) is 13.8. The molecule has 11 heteroatoms. The summed E-state index contributed by atoms with van der Waals surface area (Å²) in [5, 5.41) is 0.148. The zero-order chi connectivity index (χ0) is 26.8. The molecule has 1 saturated heterocycles. The number of nitrogens with zero attached hydrogens (tertiary/aromatic N) is 4. The van der Waals surface area contributed by atoms with Gasteiger partial charge in [-0.05, 0) is 56.7 Å². The van der Waals surface area contributed by atoms with Crippen molar-refractivity contribution in [1.29, 1.82) is 0 Å². The molecule has 198 valence electrons. The Morgan fingerprint density at radius 1 is 1.08 bits per heavy atom. The molecule has 1 aliphatic heterocycles. The number of benzene rings is 1. The number of rotatable bonds is 7. The number of halogens is 2. The van der Waals surface area contributed by atoms with Crippen LogP contribution in [-0.4, -0.2) is 67.0 Å². The lowest BCUT2D eigenvalue weighted by molar-refractivity contribution is 0.0591. The quantitative estimate of drug-likeness (QED) is 0.460. The lowest BCUT2D eigenvalue weighted by Crippen LogP contribution is -2.53. The predicted octanol–water partition coefficient (Wildman–Crippen LogP) is 4.66. The number of anilines is 1. The van der Waals surface area contributed by atoms with Crippen LogP contribution >= 0.6 is 11.6 Å². The Morgan fingerprint density at radius 3 is 2.46 bits per heavy atom. The molecule has 2 aromatic heterocycles. The predicted molar refractivity (Wildman–Crippen MR) is 143 cm³/mol. The van der Waals surface area contributed by atoms with Gasteiger partial charge in [0.05, 0.1) is 23.5 Å². The zero-order valence-electron chi connectivity index (χ0n) is 21.3. The van der Waals surface area contributed by atoms with Crippen molar-refractivity contribution in [3.8, 4) is 17.1 Å². The molecule has 1 aromatic carbocycles. The van der Waals surface area contributed by atoms with Gasteiger partial charge in [-0.1, -0.05) is 17.7 Å². The Hall–Kier alpha value is -2.79. The number of sulfonamides is 1. The molecule has 1 N–H and O–H groups in total. The van der Waals surface area contributed by atoms with Crippen molar-refractivity contribution < 1.29 is 17.5 Å². The Morgan fingerprint density at radius 2 is 1.81 bits per heavy atom. The van der Waals surface area contributed by atoms with Gasteiger partial charge in [-0.3, -0.25) is 19.5 Å². The van der Waals surface area contributed by atoms with E-state index < -0.39 is 15.8 Å². The molecule has 0 unspecified atom stereocenters. The van der Waals surface area contributed by atoms with Crippen LogP contribution in [0.4, 0.5) is 10.1 Å². The van der Waals surface area contributed by atoms with Crippen LogP contribution in [0.1, 0.15) is 26.3 Å². The number of methoxy groups -OCH3 is 1. The summed E-state index contributed by atoms with van der Waals surface area (Å²) in [6.45, 7) is 11.1. The van der Waals surface area contributed by atoms with Crippen LogP contribution < -0.4 is 9.46 Å². The summed E-state index contributed by atoms with van der Waals surface area (Å²) in [5.41, 5.74) is 1.82. The highest BCUT2D eigenvalue weighted by Crippen LogP contribution is 2.29. The second-order valence-electron chi connectivity index (χ2n) is 9.94. The maximum absolute atomic E-state index is 15.1. The standard InChI is InChI=1S/C26H31ClFN5O3S/c1-26(2,3)33-11-9-32(10-12-33)17-18-5-6-21(22(28)13-18)23-15-20(7-8-29-23)31-37(34,35)24-14-19(27)16-30-25(24)36-4/h5-8,13-16H,9-12,17H2,1-4H3,(H,29,31). The zero-order valence-corrected chi connectivity index (χ0v) is 22.9. The molecule has 37 heavy (non-hydrogen) atoms. The summed E-state index contributed by atoms with van der Waals surface area (Å²) in [6.07, 6.45) is 2.71. The number of aromatic nitrogens is 2. The topological polar surface area (TPSA) is 87.7 Å². The van der Waals surface area contributed by atoms with E-state index in [-0.39, 0.29) is 32.6 Å². The molecule has 0 spiro atoms. The summed E-state index contributed by atoms with van der Waals surface area (Å²) in [5.74, 6) is -0.508. The van der Waals surface area contributed by atoms with E-state index in [0.29, 0.717) is 12.2 Å². The first-order valence-electron chi connectivity index (χ1n) is 11.9. The van der Waals surface area contributed by atoms with Crippen molar-refractivity contribution in [2.75, 3.05) is 38.0 Å². The van der Waals surface area contributed by atoms with Crippen molar-refractivity contribution >= 4 is 27.3 Å². The summed E-state index contributed by atoms with van der Waals surface area (Å²) < 4.78 is 48.6. The minimum absolute atomic E-state index is 0.0902. The van der Waals surface area contributed by atoms with Gasteiger partial charge >= 0.3 is 0 Å². The minimum Gasteiger partial charge on any atom is -0.480 e. The van der Waals surface area contributed by atoms with Gasteiger partial charge in [0.15, 0.2) is 4.90 Å². The van der Waals surface area contributed by atoms with Gasteiger partial charge in [-0.2, -0.15) is 0 Å². The van der Waals surface area contributed by atoms with Gasteiger partial charge in [0.1, 0.15) is 5.82 Å². The molecule has 1 fully saturated rings. The molecule has 3 aromatic rings. The van der Waals surface area contributed by atoms with Gasteiger partial charge in [0.25, 0.3) is 10.0 Å². The Kier molecular flexibility index (Phi) is 8.03. The van der Waals surface area contributed by atoms with E-state index in [1.807, 2.05) is 6.07 Å². The third-order valence-corrected chi connectivity index (χ3v) is 7.90. The normalized spacial score (nSPS) is 15.5. The molecule has 4 rings (SSSR count). The van der Waals surface area contributed by atoms with Crippen molar-refractivity contribution in [3.05, 3.63) is 65.2 Å². The van der Waals surface area contributed by atoms with Gasteiger partial charge in [0.2, 0.25) is 5.88 Å². The monoisotopic (exact) mass is 547 g/mol. The highest BCUT2D eigenvalue weighted by atomic mass is 35.5. The van der Waals surface area contributed by atoms with Gasteiger partial charge in [-0.15, -0.1) is 0 Å². The van der Waals surface area contributed by atoms with E-state index in [1.54, 1.807) is 6.07 Å². The second kappa shape index (κ2) is 10.9. The minimum atomic E-state index is -4.08. The van der Waals surface area contributed by atoms with E-state index >= 15 is 4.39 Å². The number of piperazine rings is 1. The van der Waals surface area contributed by atoms with Gasteiger partial charge < -0.3 is 4.74 Å². The smallest absolute Gasteiger partial charge is 0.267 e. The van der Waals surface area contributed by atoms with Gasteiger partial charge in [-0.25, -0.2) is 17.8 Å². The van der Waals surface area contributed by atoms with Crippen LogP contribution in [-0.2, 0) is 16.6 Å². The van der Waals surface area contributed by atoms with Crippen molar-refractivity contribution in [3.63, 3.8) is 0 Å². The first kappa shape index (κ1) is 27.3.